The number of halogens is 3. The number of carbonyl (C=O) groups excluding carboxylic acids is 2. The van der Waals surface area contributed by atoms with Crippen LogP contribution >= 0.6 is 0 Å². The molecule has 8 heteroatoms. The molecule has 0 radical (unpaired) electrons. The molecule has 4 aromatic carbocycles. The van der Waals surface area contributed by atoms with Crippen LogP contribution in [0, 0.1) is 0 Å². The van der Waals surface area contributed by atoms with Gasteiger partial charge in [-0.1, -0.05) is 68.4 Å². The molecule has 1 aliphatic rings. The summed E-state index contributed by atoms with van der Waals surface area (Å²) >= 11 is 0. The Kier molecular flexibility index (Phi) is 11.1. The van der Waals surface area contributed by atoms with Crippen LogP contribution in [0.1, 0.15) is 76.8 Å². The third-order valence-electron chi connectivity index (χ3n) is 8.88. The topological polar surface area (TPSA) is 61.4 Å². The van der Waals surface area contributed by atoms with Gasteiger partial charge in [0.25, 0.3) is 5.91 Å². The molecule has 1 aliphatic heterocycles. The fourth-order valence-corrected chi connectivity index (χ4v) is 6.39. The standard InChI is InChI=1S/C39H42F3N3O2/c1-3-27-10-7-11-28(4-2)34(27)14-8-15-37(46)43-22-9-23-45-25-30-18-21-33(24-31(30)26-45)44-38(47)36-13-6-5-12-35(36)29-16-19-32(20-17-29)39(40,41)42/h5-7,10-13,16-21,24H,3-4,8-9,14-15,22-23,25-26H2,1-2H3,(H,43,46)(H,44,47). The Morgan fingerprint density at radius 3 is 2.21 bits per heavy atom. The summed E-state index contributed by atoms with van der Waals surface area (Å²) in [6.45, 7) is 7.41. The van der Waals surface area contributed by atoms with Gasteiger partial charge in [-0.15, -0.1) is 0 Å². The largest absolute Gasteiger partial charge is 0.416 e. The summed E-state index contributed by atoms with van der Waals surface area (Å²) in [5.74, 6) is -0.228. The van der Waals surface area contributed by atoms with Crippen LogP contribution in [0.5, 0.6) is 0 Å². The van der Waals surface area contributed by atoms with Crippen LogP contribution < -0.4 is 10.6 Å². The van der Waals surface area contributed by atoms with Gasteiger partial charge >= 0.3 is 6.18 Å². The van der Waals surface area contributed by atoms with Crippen molar-refractivity contribution in [2.75, 3.05) is 18.4 Å². The van der Waals surface area contributed by atoms with Crippen LogP contribution in [0.4, 0.5) is 18.9 Å². The van der Waals surface area contributed by atoms with E-state index in [1.165, 1.54) is 34.4 Å². The first-order chi connectivity index (χ1) is 22.7. The predicted octanol–water partition coefficient (Wildman–Crippen LogP) is 8.59. The van der Waals surface area contributed by atoms with Crippen LogP contribution in [0.25, 0.3) is 11.1 Å². The summed E-state index contributed by atoms with van der Waals surface area (Å²) in [6, 6.07) is 24.1. The van der Waals surface area contributed by atoms with Crippen molar-refractivity contribution in [3.8, 4) is 11.1 Å². The van der Waals surface area contributed by atoms with E-state index < -0.39 is 11.7 Å². The van der Waals surface area contributed by atoms with Gasteiger partial charge in [0.2, 0.25) is 5.91 Å². The highest BCUT2D eigenvalue weighted by atomic mass is 19.4. The minimum absolute atomic E-state index is 0.0991. The monoisotopic (exact) mass is 641 g/mol. The van der Waals surface area contributed by atoms with E-state index in [2.05, 4.69) is 47.6 Å². The Bertz CT molecular complexity index is 1680. The molecule has 5 nitrogen and oxygen atoms in total. The van der Waals surface area contributed by atoms with Crippen molar-refractivity contribution in [3.63, 3.8) is 0 Å². The molecule has 0 fully saturated rings. The molecule has 0 spiro atoms. The predicted molar refractivity (Wildman–Crippen MR) is 181 cm³/mol. The van der Waals surface area contributed by atoms with E-state index in [-0.39, 0.29) is 11.8 Å². The molecule has 0 saturated carbocycles. The zero-order valence-corrected chi connectivity index (χ0v) is 27.1. The Morgan fingerprint density at radius 2 is 1.51 bits per heavy atom. The van der Waals surface area contributed by atoms with Crippen molar-refractivity contribution >= 4 is 17.5 Å². The zero-order chi connectivity index (χ0) is 33.4. The number of hydrogen-bond donors (Lipinski definition) is 2. The number of aryl methyl sites for hydroxylation is 2. The molecule has 1 heterocycles. The average Bonchev–Trinajstić information content (AvgIpc) is 3.48. The van der Waals surface area contributed by atoms with Crippen LogP contribution in [-0.2, 0) is 43.3 Å². The molecule has 5 rings (SSSR count). The van der Waals surface area contributed by atoms with E-state index >= 15 is 0 Å². The number of nitrogens with one attached hydrogen (secondary N) is 2. The van der Waals surface area contributed by atoms with E-state index in [9.17, 15) is 22.8 Å². The van der Waals surface area contributed by atoms with Gasteiger partial charge in [0, 0.05) is 43.9 Å². The molecule has 47 heavy (non-hydrogen) atoms. The lowest BCUT2D eigenvalue weighted by Crippen LogP contribution is -2.27. The molecule has 4 aromatic rings. The first-order valence-electron chi connectivity index (χ1n) is 16.4. The van der Waals surface area contributed by atoms with Crippen molar-refractivity contribution in [1.82, 2.24) is 10.2 Å². The second-order valence-electron chi connectivity index (χ2n) is 12.1. The number of hydrogen-bond acceptors (Lipinski definition) is 3. The maximum absolute atomic E-state index is 13.3. The minimum Gasteiger partial charge on any atom is -0.356 e. The first-order valence-corrected chi connectivity index (χ1v) is 16.4. The highest BCUT2D eigenvalue weighted by Crippen LogP contribution is 2.32. The number of benzene rings is 4. The molecule has 0 saturated heterocycles. The maximum Gasteiger partial charge on any atom is 0.416 e. The molecule has 0 aliphatic carbocycles. The van der Waals surface area contributed by atoms with Gasteiger partial charge in [-0.05, 0) is 101 Å². The lowest BCUT2D eigenvalue weighted by Gasteiger charge is -2.15. The van der Waals surface area contributed by atoms with Gasteiger partial charge < -0.3 is 10.6 Å². The Balaban J connectivity index is 1.08. The fraction of sp³-hybridized carbons (Fsp3) is 0.333. The maximum atomic E-state index is 13.3. The number of nitrogens with zero attached hydrogens (tertiary/aromatic N) is 1. The van der Waals surface area contributed by atoms with E-state index in [0.717, 1.165) is 69.4 Å². The fourth-order valence-electron chi connectivity index (χ4n) is 6.39. The molecule has 0 atom stereocenters. The zero-order valence-electron chi connectivity index (χ0n) is 27.1. The second kappa shape index (κ2) is 15.4. The van der Waals surface area contributed by atoms with Crippen molar-refractivity contribution in [3.05, 3.63) is 124 Å². The van der Waals surface area contributed by atoms with Gasteiger partial charge in [-0.2, -0.15) is 13.2 Å². The molecule has 246 valence electrons. The van der Waals surface area contributed by atoms with Crippen LogP contribution in [0.15, 0.2) is 84.9 Å². The smallest absolute Gasteiger partial charge is 0.356 e. The second-order valence-corrected chi connectivity index (χ2v) is 12.1. The van der Waals surface area contributed by atoms with Gasteiger partial charge in [-0.25, -0.2) is 0 Å². The van der Waals surface area contributed by atoms with E-state index in [1.807, 2.05) is 18.2 Å². The molecular formula is C39H42F3N3O2. The van der Waals surface area contributed by atoms with Gasteiger partial charge in [-0.3, -0.25) is 14.5 Å². The molecular weight excluding hydrogens is 599 g/mol. The number of fused-ring (bicyclic) bond motifs is 1. The minimum atomic E-state index is -4.42. The van der Waals surface area contributed by atoms with Crippen molar-refractivity contribution in [2.24, 2.45) is 0 Å². The molecule has 2 N–H and O–H groups in total. The molecule has 0 aromatic heterocycles. The van der Waals surface area contributed by atoms with Gasteiger partial charge in [0.15, 0.2) is 0 Å². The average molecular weight is 642 g/mol. The van der Waals surface area contributed by atoms with Crippen molar-refractivity contribution < 1.29 is 22.8 Å². The Hall–Kier alpha value is -4.43. The molecule has 0 unspecified atom stereocenters. The highest BCUT2D eigenvalue weighted by molar-refractivity contribution is 6.08. The van der Waals surface area contributed by atoms with Crippen molar-refractivity contribution in [1.29, 1.82) is 0 Å². The summed E-state index contributed by atoms with van der Waals surface area (Å²) in [5, 5.41) is 6.05. The summed E-state index contributed by atoms with van der Waals surface area (Å²) in [5.41, 5.74) is 7.93. The number of alkyl halides is 3. The van der Waals surface area contributed by atoms with Crippen LogP contribution in [0.3, 0.4) is 0 Å². The summed E-state index contributed by atoms with van der Waals surface area (Å²) < 4.78 is 39.1. The normalized spacial score (nSPS) is 13.0. The quantitative estimate of drug-likeness (QED) is 0.144. The number of amides is 2. The Morgan fingerprint density at radius 1 is 0.809 bits per heavy atom. The molecule has 0 bridgehead atoms. The summed E-state index contributed by atoms with van der Waals surface area (Å²) in [4.78, 5) is 28.1. The molecule has 2 amide bonds. The van der Waals surface area contributed by atoms with Gasteiger partial charge in [0.1, 0.15) is 0 Å². The number of carbonyl (C=O) groups is 2. The third kappa shape index (κ3) is 8.69. The highest BCUT2D eigenvalue weighted by Gasteiger charge is 2.30. The number of anilines is 1. The van der Waals surface area contributed by atoms with Crippen LogP contribution in [-0.4, -0.2) is 29.8 Å². The van der Waals surface area contributed by atoms with E-state index in [4.69, 9.17) is 0 Å². The van der Waals surface area contributed by atoms with E-state index in [0.29, 0.717) is 35.3 Å². The van der Waals surface area contributed by atoms with Crippen LogP contribution in [0.2, 0.25) is 0 Å². The lowest BCUT2D eigenvalue weighted by atomic mass is 9.93. The third-order valence-corrected chi connectivity index (χ3v) is 8.88. The van der Waals surface area contributed by atoms with Crippen molar-refractivity contribution in [2.45, 2.75) is 71.6 Å². The summed E-state index contributed by atoms with van der Waals surface area (Å²) in [6.07, 6.45) is 0.749. The Labute approximate surface area is 275 Å². The lowest BCUT2D eigenvalue weighted by molar-refractivity contribution is -0.137. The van der Waals surface area contributed by atoms with Gasteiger partial charge in [0.05, 0.1) is 5.56 Å². The number of rotatable bonds is 13. The summed E-state index contributed by atoms with van der Waals surface area (Å²) in [7, 11) is 0. The van der Waals surface area contributed by atoms with E-state index in [1.54, 1.807) is 24.3 Å². The SMILES string of the molecule is CCc1cccc(CC)c1CCCC(=O)NCCCN1Cc2ccc(NC(=O)c3ccccc3-c3ccc(C(F)(F)F)cc3)cc2C1. The first kappa shape index (κ1) is 33.9.